The summed E-state index contributed by atoms with van der Waals surface area (Å²) in [6.45, 7) is 0. The summed E-state index contributed by atoms with van der Waals surface area (Å²) in [7, 11) is 1.42. The predicted octanol–water partition coefficient (Wildman–Crippen LogP) is 5.02. The molecule has 0 saturated heterocycles. The van der Waals surface area contributed by atoms with E-state index in [-0.39, 0.29) is 11.4 Å². The largest absolute Gasteiger partial charge is 0.496 e. The Labute approximate surface area is 135 Å². The van der Waals surface area contributed by atoms with Crippen LogP contribution in [-0.2, 0) is 0 Å². The molecule has 0 aliphatic heterocycles. The van der Waals surface area contributed by atoms with Crippen LogP contribution in [0.5, 0.6) is 5.75 Å². The lowest BCUT2D eigenvalue weighted by Gasteiger charge is -2.02. The summed E-state index contributed by atoms with van der Waals surface area (Å²) in [6.07, 6.45) is 0. The zero-order valence-corrected chi connectivity index (χ0v) is 12.8. The van der Waals surface area contributed by atoms with Crippen LogP contribution >= 0.6 is 23.2 Å². The van der Waals surface area contributed by atoms with Crippen LogP contribution in [0, 0.1) is 10.1 Å². The monoisotopic (exact) mass is 340 g/mol. The highest BCUT2D eigenvalue weighted by molar-refractivity contribution is 6.42. The minimum Gasteiger partial charge on any atom is -0.496 e. The SMILES string of the molecule is COc1ccc(N=NNc2ccc(Cl)c(Cl)c2)c([N+](=O)[O-])c1. The van der Waals surface area contributed by atoms with Gasteiger partial charge in [-0.1, -0.05) is 28.4 Å². The third-order valence-corrected chi connectivity index (χ3v) is 3.37. The number of methoxy groups -OCH3 is 1. The van der Waals surface area contributed by atoms with Gasteiger partial charge in [0, 0.05) is 0 Å². The third-order valence-electron chi connectivity index (χ3n) is 2.64. The number of nitro groups is 1. The number of hydrogen-bond acceptors (Lipinski definition) is 5. The second kappa shape index (κ2) is 7.06. The highest BCUT2D eigenvalue weighted by Crippen LogP contribution is 2.31. The van der Waals surface area contributed by atoms with E-state index in [0.29, 0.717) is 21.5 Å². The summed E-state index contributed by atoms with van der Waals surface area (Å²) >= 11 is 11.7. The lowest BCUT2D eigenvalue weighted by Crippen LogP contribution is -1.91. The summed E-state index contributed by atoms with van der Waals surface area (Å²) in [6, 6.07) is 9.07. The Morgan fingerprint density at radius 1 is 1.18 bits per heavy atom. The average molecular weight is 341 g/mol. The predicted molar refractivity (Wildman–Crippen MR) is 84.2 cm³/mol. The van der Waals surface area contributed by atoms with Crippen LogP contribution in [0.1, 0.15) is 0 Å². The Hall–Kier alpha value is -2.38. The number of anilines is 1. The second-order valence-electron chi connectivity index (χ2n) is 4.05. The molecule has 0 amide bonds. The van der Waals surface area contributed by atoms with E-state index in [4.69, 9.17) is 27.9 Å². The van der Waals surface area contributed by atoms with E-state index in [2.05, 4.69) is 15.8 Å². The fourth-order valence-corrected chi connectivity index (χ4v) is 1.86. The van der Waals surface area contributed by atoms with Gasteiger partial charge < -0.3 is 4.74 Å². The van der Waals surface area contributed by atoms with E-state index >= 15 is 0 Å². The van der Waals surface area contributed by atoms with Crippen LogP contribution in [0.2, 0.25) is 10.0 Å². The van der Waals surface area contributed by atoms with Crippen LogP contribution in [-0.4, -0.2) is 12.0 Å². The number of nitro benzene ring substituents is 1. The van der Waals surface area contributed by atoms with Gasteiger partial charge in [-0.3, -0.25) is 15.5 Å². The Morgan fingerprint density at radius 2 is 1.95 bits per heavy atom. The van der Waals surface area contributed by atoms with Crippen molar-refractivity contribution in [1.82, 2.24) is 0 Å². The first-order valence-electron chi connectivity index (χ1n) is 5.95. The van der Waals surface area contributed by atoms with E-state index in [1.54, 1.807) is 24.3 Å². The molecule has 0 saturated carbocycles. The lowest BCUT2D eigenvalue weighted by molar-refractivity contribution is -0.384. The molecule has 0 aliphatic carbocycles. The van der Waals surface area contributed by atoms with Crippen molar-refractivity contribution >= 4 is 40.3 Å². The van der Waals surface area contributed by atoms with Crippen LogP contribution < -0.4 is 10.2 Å². The summed E-state index contributed by atoms with van der Waals surface area (Å²) in [5.74, 6) is 0.364. The van der Waals surface area contributed by atoms with Crippen molar-refractivity contribution < 1.29 is 9.66 Å². The fourth-order valence-electron chi connectivity index (χ4n) is 1.56. The minimum atomic E-state index is -0.559. The van der Waals surface area contributed by atoms with Gasteiger partial charge in [0.05, 0.1) is 33.8 Å². The Morgan fingerprint density at radius 3 is 2.59 bits per heavy atom. The van der Waals surface area contributed by atoms with Crippen molar-refractivity contribution in [3.05, 3.63) is 56.6 Å². The first kappa shape index (κ1) is 16.0. The zero-order chi connectivity index (χ0) is 16.1. The molecule has 0 aliphatic rings. The molecule has 114 valence electrons. The zero-order valence-electron chi connectivity index (χ0n) is 11.3. The van der Waals surface area contributed by atoms with Gasteiger partial charge in [0.25, 0.3) is 5.69 Å². The normalized spacial score (nSPS) is 10.7. The number of ether oxygens (including phenoxy) is 1. The maximum atomic E-state index is 11.0. The van der Waals surface area contributed by atoms with Crippen molar-refractivity contribution in [2.24, 2.45) is 10.3 Å². The van der Waals surface area contributed by atoms with Crippen molar-refractivity contribution in [2.75, 3.05) is 12.5 Å². The molecule has 0 fully saturated rings. The highest BCUT2D eigenvalue weighted by atomic mass is 35.5. The molecule has 9 heteroatoms. The van der Waals surface area contributed by atoms with Gasteiger partial charge in [0.15, 0.2) is 5.69 Å². The van der Waals surface area contributed by atoms with Crippen LogP contribution in [0.3, 0.4) is 0 Å². The number of rotatable bonds is 5. The van der Waals surface area contributed by atoms with Crippen molar-refractivity contribution in [3.8, 4) is 5.75 Å². The first-order valence-corrected chi connectivity index (χ1v) is 6.71. The standard InChI is InChI=1S/C13H10Cl2N4O3/c1-22-9-3-5-12(13(7-9)19(20)21)17-18-16-8-2-4-10(14)11(15)6-8/h2-7H,1H3,(H,16,17). The van der Waals surface area contributed by atoms with Crippen LogP contribution in [0.4, 0.5) is 17.1 Å². The number of benzene rings is 2. The molecule has 0 unspecified atom stereocenters. The molecular weight excluding hydrogens is 331 g/mol. The topological polar surface area (TPSA) is 89.1 Å². The van der Waals surface area contributed by atoms with Crippen LogP contribution in [0.25, 0.3) is 0 Å². The molecule has 0 heterocycles. The Bertz CT molecular complexity index is 737. The van der Waals surface area contributed by atoms with Gasteiger partial charge in [0.1, 0.15) is 5.75 Å². The molecule has 1 N–H and O–H groups in total. The minimum absolute atomic E-state index is 0.0957. The third kappa shape index (κ3) is 3.84. The first-order chi connectivity index (χ1) is 10.5. The van der Waals surface area contributed by atoms with Crippen molar-refractivity contribution in [3.63, 3.8) is 0 Å². The van der Waals surface area contributed by atoms with E-state index in [0.717, 1.165) is 0 Å². The van der Waals surface area contributed by atoms with Gasteiger partial charge in [-0.25, -0.2) is 0 Å². The second-order valence-corrected chi connectivity index (χ2v) is 4.87. The maximum absolute atomic E-state index is 11.0. The van der Waals surface area contributed by atoms with Crippen molar-refractivity contribution in [1.29, 1.82) is 0 Å². The van der Waals surface area contributed by atoms with Gasteiger partial charge in [-0.05, 0) is 30.3 Å². The molecule has 2 aromatic carbocycles. The molecule has 0 atom stereocenters. The van der Waals surface area contributed by atoms with E-state index in [9.17, 15) is 10.1 Å². The molecular formula is C13H10Cl2N4O3. The highest BCUT2D eigenvalue weighted by Gasteiger charge is 2.14. The molecule has 0 spiro atoms. The molecule has 0 aromatic heterocycles. The van der Waals surface area contributed by atoms with E-state index in [1.807, 2.05) is 0 Å². The smallest absolute Gasteiger partial charge is 0.300 e. The number of nitrogens with one attached hydrogen (secondary N) is 1. The summed E-state index contributed by atoms with van der Waals surface area (Å²) in [5, 5.41) is 19.3. The van der Waals surface area contributed by atoms with Crippen molar-refractivity contribution in [2.45, 2.75) is 0 Å². The van der Waals surface area contributed by atoms with Gasteiger partial charge in [0.2, 0.25) is 0 Å². The molecule has 22 heavy (non-hydrogen) atoms. The molecule has 0 bridgehead atoms. The van der Waals surface area contributed by atoms with E-state index in [1.165, 1.54) is 19.2 Å². The maximum Gasteiger partial charge on any atom is 0.300 e. The summed E-state index contributed by atoms with van der Waals surface area (Å²) < 4.78 is 4.94. The number of nitrogens with zero attached hydrogens (tertiary/aromatic N) is 3. The Kier molecular flexibility index (Phi) is 5.13. The number of halogens is 2. The summed E-state index contributed by atoms with van der Waals surface area (Å²) in [4.78, 5) is 10.4. The van der Waals surface area contributed by atoms with Crippen LogP contribution in [0.15, 0.2) is 46.7 Å². The average Bonchev–Trinajstić information content (AvgIpc) is 2.51. The fraction of sp³-hybridized carbons (Fsp3) is 0.0769. The van der Waals surface area contributed by atoms with E-state index < -0.39 is 4.92 Å². The quantitative estimate of drug-likeness (QED) is 0.470. The Balaban J connectivity index is 2.19. The van der Waals surface area contributed by atoms with Gasteiger partial charge in [-0.15, -0.1) is 5.11 Å². The molecule has 7 nitrogen and oxygen atoms in total. The van der Waals surface area contributed by atoms with Gasteiger partial charge in [-0.2, -0.15) is 0 Å². The lowest BCUT2D eigenvalue weighted by atomic mass is 10.2. The molecule has 2 rings (SSSR count). The molecule has 2 aromatic rings. The molecule has 0 radical (unpaired) electrons. The number of hydrogen-bond donors (Lipinski definition) is 1. The van der Waals surface area contributed by atoms with Gasteiger partial charge >= 0.3 is 0 Å². The summed E-state index contributed by atoms with van der Waals surface area (Å²) in [5.41, 5.74) is 3.05.